The summed E-state index contributed by atoms with van der Waals surface area (Å²) in [7, 11) is 0. The van der Waals surface area contributed by atoms with E-state index in [1.807, 2.05) is 20.8 Å². The van der Waals surface area contributed by atoms with Crippen LogP contribution in [-0.2, 0) is 0 Å². The predicted molar refractivity (Wildman–Crippen MR) is 59.6 cm³/mol. The molecule has 0 aliphatic heterocycles. The molecule has 84 valence electrons. The van der Waals surface area contributed by atoms with Crippen molar-refractivity contribution in [2.45, 2.75) is 33.7 Å². The van der Waals surface area contributed by atoms with E-state index >= 15 is 0 Å². The summed E-state index contributed by atoms with van der Waals surface area (Å²) >= 11 is 0. The molecule has 0 aliphatic carbocycles. The number of hydrogen-bond acceptors (Lipinski definition) is 3. The number of aryl methyl sites for hydroxylation is 1. The molecular weight excluding hydrogens is 192 g/mol. The van der Waals surface area contributed by atoms with E-state index < -0.39 is 0 Å². The van der Waals surface area contributed by atoms with Crippen molar-refractivity contribution >= 4 is 11.6 Å². The topological polar surface area (TPSA) is 75.0 Å². The Hall–Kier alpha value is -1.52. The number of anilines is 1. The van der Waals surface area contributed by atoms with Crippen LogP contribution in [-0.4, -0.2) is 33.6 Å². The van der Waals surface area contributed by atoms with Gasteiger partial charge in [0.1, 0.15) is 0 Å². The third-order valence-electron chi connectivity index (χ3n) is 2.42. The van der Waals surface area contributed by atoms with E-state index in [0.29, 0.717) is 17.9 Å². The largest absolute Gasteiger partial charge is 0.395 e. The zero-order valence-electron chi connectivity index (χ0n) is 9.66. The number of amides is 1. The van der Waals surface area contributed by atoms with Crippen molar-refractivity contribution in [3.05, 3.63) is 11.4 Å². The molecule has 0 aromatic carbocycles. The van der Waals surface area contributed by atoms with Gasteiger partial charge in [-0.05, 0) is 27.7 Å². The van der Waals surface area contributed by atoms with Gasteiger partial charge in [0, 0.05) is 12.6 Å². The minimum Gasteiger partial charge on any atom is -0.395 e. The van der Waals surface area contributed by atoms with E-state index in [0.717, 1.165) is 5.69 Å². The first-order valence-electron chi connectivity index (χ1n) is 5.10. The predicted octanol–water partition coefficient (Wildman–Crippen LogP) is 1.17. The Morgan fingerprint density at radius 2 is 2.20 bits per heavy atom. The summed E-state index contributed by atoms with van der Waals surface area (Å²) in [5.74, 6) is -0.116. The highest BCUT2D eigenvalue weighted by atomic mass is 16.2. The number of aromatic nitrogens is 2. The number of nitrogen functional groups attached to an aromatic ring is 1. The molecule has 1 amide bonds. The molecule has 0 saturated carbocycles. The highest BCUT2D eigenvalue weighted by Crippen LogP contribution is 2.15. The maximum Gasteiger partial charge on any atom is 0.276 e. The van der Waals surface area contributed by atoms with Gasteiger partial charge in [0.05, 0.1) is 11.4 Å². The summed E-state index contributed by atoms with van der Waals surface area (Å²) in [5.41, 5.74) is 7.26. The summed E-state index contributed by atoms with van der Waals surface area (Å²) < 4.78 is 0. The number of H-pyrrole nitrogens is 1. The first-order valence-corrected chi connectivity index (χ1v) is 5.10. The average Bonchev–Trinajstić information content (AvgIpc) is 2.48. The monoisotopic (exact) mass is 210 g/mol. The van der Waals surface area contributed by atoms with Gasteiger partial charge in [-0.3, -0.25) is 9.89 Å². The molecule has 5 nitrogen and oxygen atoms in total. The minimum absolute atomic E-state index is 0.116. The lowest BCUT2D eigenvalue weighted by atomic mass is 10.2. The second-order valence-corrected chi connectivity index (χ2v) is 3.80. The lowest BCUT2D eigenvalue weighted by molar-refractivity contribution is 0.0712. The fourth-order valence-corrected chi connectivity index (χ4v) is 1.48. The highest BCUT2D eigenvalue weighted by molar-refractivity contribution is 5.97. The van der Waals surface area contributed by atoms with Gasteiger partial charge in [0.2, 0.25) is 0 Å². The van der Waals surface area contributed by atoms with Crippen LogP contribution in [0.3, 0.4) is 0 Å². The molecule has 1 heterocycles. The second kappa shape index (κ2) is 4.33. The molecule has 0 saturated heterocycles. The van der Waals surface area contributed by atoms with Crippen molar-refractivity contribution in [3.63, 3.8) is 0 Å². The highest BCUT2D eigenvalue weighted by Gasteiger charge is 2.22. The van der Waals surface area contributed by atoms with Gasteiger partial charge < -0.3 is 10.6 Å². The van der Waals surface area contributed by atoms with Crippen molar-refractivity contribution in [2.75, 3.05) is 12.3 Å². The van der Waals surface area contributed by atoms with Gasteiger partial charge in [-0.15, -0.1) is 0 Å². The molecule has 0 radical (unpaired) electrons. The number of nitrogens with zero attached hydrogens (tertiary/aromatic N) is 2. The Bertz CT molecular complexity index is 356. The van der Waals surface area contributed by atoms with Crippen LogP contribution in [0.1, 0.15) is 37.0 Å². The maximum absolute atomic E-state index is 12.0. The Morgan fingerprint density at radius 3 is 2.53 bits per heavy atom. The number of carbonyl (C=O) groups is 1. The quantitative estimate of drug-likeness (QED) is 0.786. The van der Waals surface area contributed by atoms with Crippen LogP contribution in [0.5, 0.6) is 0 Å². The Balaban J connectivity index is 2.98. The minimum atomic E-state index is -0.116. The van der Waals surface area contributed by atoms with Crippen molar-refractivity contribution in [3.8, 4) is 0 Å². The van der Waals surface area contributed by atoms with Gasteiger partial charge in [0.15, 0.2) is 5.69 Å². The van der Waals surface area contributed by atoms with Gasteiger partial charge in [0.25, 0.3) is 5.91 Å². The number of nitrogens with one attached hydrogen (secondary N) is 1. The molecule has 1 aromatic heterocycles. The smallest absolute Gasteiger partial charge is 0.276 e. The van der Waals surface area contributed by atoms with E-state index in [-0.39, 0.29) is 11.9 Å². The standard InChI is InChI=1S/C10H18N4O/c1-5-14(6(2)3)10(15)9-8(11)7(4)12-13-9/h6H,5,11H2,1-4H3,(H,12,13). The molecule has 3 N–H and O–H groups in total. The van der Waals surface area contributed by atoms with E-state index in [1.54, 1.807) is 11.8 Å². The first kappa shape index (κ1) is 11.6. The van der Waals surface area contributed by atoms with Crippen LogP contribution in [0.4, 0.5) is 5.69 Å². The van der Waals surface area contributed by atoms with Gasteiger partial charge in [-0.1, -0.05) is 0 Å². The summed E-state index contributed by atoms with van der Waals surface area (Å²) in [6, 6.07) is 0.152. The zero-order chi connectivity index (χ0) is 11.6. The Morgan fingerprint density at radius 1 is 1.60 bits per heavy atom. The number of hydrogen-bond donors (Lipinski definition) is 2. The van der Waals surface area contributed by atoms with Gasteiger partial charge in [-0.25, -0.2) is 0 Å². The van der Waals surface area contributed by atoms with Gasteiger partial charge >= 0.3 is 0 Å². The molecule has 0 unspecified atom stereocenters. The lowest BCUT2D eigenvalue weighted by Crippen LogP contribution is -2.37. The molecule has 0 aliphatic rings. The number of carbonyl (C=O) groups excluding carboxylic acids is 1. The molecule has 0 bridgehead atoms. The third kappa shape index (κ3) is 2.11. The molecule has 5 heteroatoms. The van der Waals surface area contributed by atoms with E-state index in [2.05, 4.69) is 10.2 Å². The van der Waals surface area contributed by atoms with Crippen LogP contribution in [0.15, 0.2) is 0 Å². The molecule has 0 atom stereocenters. The summed E-state index contributed by atoms with van der Waals surface area (Å²) in [6.45, 7) is 8.33. The van der Waals surface area contributed by atoms with Crippen molar-refractivity contribution in [2.24, 2.45) is 0 Å². The molecule has 1 rings (SSSR count). The average molecular weight is 210 g/mol. The first-order chi connectivity index (χ1) is 6.99. The van der Waals surface area contributed by atoms with Gasteiger partial charge in [-0.2, -0.15) is 5.10 Å². The van der Waals surface area contributed by atoms with Crippen molar-refractivity contribution in [1.82, 2.24) is 15.1 Å². The SMILES string of the molecule is CCN(C(=O)c1n[nH]c(C)c1N)C(C)C. The Labute approximate surface area is 89.6 Å². The third-order valence-corrected chi connectivity index (χ3v) is 2.42. The summed E-state index contributed by atoms with van der Waals surface area (Å²) in [5, 5.41) is 6.64. The molecule has 15 heavy (non-hydrogen) atoms. The van der Waals surface area contributed by atoms with Crippen LogP contribution >= 0.6 is 0 Å². The van der Waals surface area contributed by atoms with Crippen LogP contribution in [0.25, 0.3) is 0 Å². The van der Waals surface area contributed by atoms with Crippen LogP contribution < -0.4 is 5.73 Å². The van der Waals surface area contributed by atoms with E-state index in [4.69, 9.17) is 5.73 Å². The second-order valence-electron chi connectivity index (χ2n) is 3.80. The normalized spacial score (nSPS) is 10.7. The van der Waals surface area contributed by atoms with Crippen LogP contribution in [0.2, 0.25) is 0 Å². The van der Waals surface area contributed by atoms with E-state index in [9.17, 15) is 4.79 Å². The van der Waals surface area contributed by atoms with Crippen LogP contribution in [0, 0.1) is 6.92 Å². The molecule has 1 aromatic rings. The summed E-state index contributed by atoms with van der Waals surface area (Å²) in [6.07, 6.45) is 0. The van der Waals surface area contributed by atoms with E-state index in [1.165, 1.54) is 0 Å². The molecule has 0 spiro atoms. The summed E-state index contributed by atoms with van der Waals surface area (Å²) in [4.78, 5) is 13.7. The number of aromatic amines is 1. The van der Waals surface area contributed by atoms with Crippen molar-refractivity contribution in [1.29, 1.82) is 0 Å². The molecule has 0 fully saturated rings. The fraction of sp³-hybridized carbons (Fsp3) is 0.600. The Kier molecular flexibility index (Phi) is 3.34. The number of nitrogens with two attached hydrogens (primary N) is 1. The number of rotatable bonds is 3. The van der Waals surface area contributed by atoms with Crippen molar-refractivity contribution < 1.29 is 4.79 Å². The zero-order valence-corrected chi connectivity index (χ0v) is 9.66. The molecular formula is C10H18N4O. The fourth-order valence-electron chi connectivity index (χ4n) is 1.48. The lowest BCUT2D eigenvalue weighted by Gasteiger charge is -2.24. The maximum atomic E-state index is 12.0.